The van der Waals surface area contributed by atoms with Crippen LogP contribution in [0.4, 0.5) is 5.95 Å². The van der Waals surface area contributed by atoms with E-state index in [4.69, 9.17) is 32.7 Å². The highest BCUT2D eigenvalue weighted by molar-refractivity contribution is 6.35. The molecule has 0 saturated heterocycles. The minimum Gasteiger partial charge on any atom is -0.490 e. The van der Waals surface area contributed by atoms with E-state index >= 15 is 0 Å². The van der Waals surface area contributed by atoms with Gasteiger partial charge >= 0.3 is 0 Å². The molecule has 0 amide bonds. The van der Waals surface area contributed by atoms with Crippen molar-refractivity contribution in [1.29, 1.82) is 0 Å². The molecule has 7 nitrogen and oxygen atoms in total. The molecule has 1 aromatic heterocycles. The molecule has 0 aliphatic heterocycles. The van der Waals surface area contributed by atoms with Gasteiger partial charge < -0.3 is 14.8 Å². The van der Waals surface area contributed by atoms with Crippen molar-refractivity contribution in [2.75, 3.05) is 11.9 Å². The molecule has 0 fully saturated rings. The summed E-state index contributed by atoms with van der Waals surface area (Å²) in [6.07, 6.45) is 2.08. The molecule has 2 aromatic carbocycles. The highest BCUT2D eigenvalue weighted by Crippen LogP contribution is 2.33. The third-order valence-electron chi connectivity index (χ3n) is 4.44. The number of nitrogens with zero attached hydrogens (tertiary/aromatic N) is 4. The fraction of sp³-hybridized carbons (Fsp3) is 0.381. The van der Waals surface area contributed by atoms with Crippen LogP contribution in [0, 0.1) is 0 Å². The standard InChI is InChI=1S/C21H25Cl2N5O2/c1-3-5-11-28-21(25-26-27-28)24-13-15-7-6-8-19(29-4-2)20(15)30-14-16-9-10-17(22)12-18(16)23/h6-10,12H,3-5,11,13-14H2,1-2H3,(H,24,25,27). The molecule has 30 heavy (non-hydrogen) atoms. The van der Waals surface area contributed by atoms with E-state index in [1.807, 2.05) is 31.2 Å². The van der Waals surface area contributed by atoms with Gasteiger partial charge in [-0.3, -0.25) is 0 Å². The number of para-hydroxylation sites is 1. The maximum Gasteiger partial charge on any atom is 0.243 e. The maximum absolute atomic E-state index is 6.29. The van der Waals surface area contributed by atoms with Gasteiger partial charge in [0.2, 0.25) is 5.95 Å². The van der Waals surface area contributed by atoms with Crippen LogP contribution in [0.1, 0.15) is 37.8 Å². The molecule has 3 aromatic rings. The minimum atomic E-state index is 0.293. The fourth-order valence-electron chi connectivity index (χ4n) is 2.89. The third kappa shape index (κ3) is 5.77. The summed E-state index contributed by atoms with van der Waals surface area (Å²) in [7, 11) is 0. The number of halogens is 2. The van der Waals surface area contributed by atoms with Crippen LogP contribution < -0.4 is 14.8 Å². The number of unbranched alkanes of at least 4 members (excludes halogenated alkanes) is 1. The van der Waals surface area contributed by atoms with E-state index in [0.29, 0.717) is 47.3 Å². The first-order valence-electron chi connectivity index (χ1n) is 9.93. The summed E-state index contributed by atoms with van der Waals surface area (Å²) >= 11 is 12.3. The summed E-state index contributed by atoms with van der Waals surface area (Å²) in [4.78, 5) is 0. The summed E-state index contributed by atoms with van der Waals surface area (Å²) in [5, 5.41) is 16.3. The molecule has 3 rings (SSSR count). The van der Waals surface area contributed by atoms with Gasteiger partial charge in [-0.1, -0.05) is 59.8 Å². The molecular formula is C21H25Cl2N5O2. The van der Waals surface area contributed by atoms with Crippen molar-refractivity contribution >= 4 is 29.2 Å². The molecule has 1 heterocycles. The largest absolute Gasteiger partial charge is 0.490 e. The van der Waals surface area contributed by atoms with Gasteiger partial charge in [-0.25, -0.2) is 4.68 Å². The average molecular weight is 450 g/mol. The van der Waals surface area contributed by atoms with Crippen molar-refractivity contribution in [2.45, 2.75) is 46.4 Å². The van der Waals surface area contributed by atoms with Crippen LogP contribution in [0.25, 0.3) is 0 Å². The van der Waals surface area contributed by atoms with Gasteiger partial charge in [0.1, 0.15) is 6.61 Å². The summed E-state index contributed by atoms with van der Waals surface area (Å²) in [6, 6.07) is 11.2. The number of tetrazole rings is 1. The molecular weight excluding hydrogens is 425 g/mol. The topological polar surface area (TPSA) is 74.1 Å². The molecule has 0 aliphatic carbocycles. The van der Waals surface area contributed by atoms with Gasteiger partial charge in [-0.2, -0.15) is 0 Å². The Kier molecular flexibility index (Phi) is 8.16. The predicted molar refractivity (Wildman–Crippen MR) is 118 cm³/mol. The Morgan fingerprint density at radius 1 is 1.07 bits per heavy atom. The Morgan fingerprint density at radius 3 is 2.70 bits per heavy atom. The number of rotatable bonds is 11. The highest BCUT2D eigenvalue weighted by Gasteiger charge is 2.14. The predicted octanol–water partition coefficient (Wildman–Crippen LogP) is 5.37. The number of hydrogen-bond donors (Lipinski definition) is 1. The Morgan fingerprint density at radius 2 is 1.93 bits per heavy atom. The zero-order valence-electron chi connectivity index (χ0n) is 17.1. The number of nitrogens with one attached hydrogen (secondary N) is 1. The monoisotopic (exact) mass is 449 g/mol. The van der Waals surface area contributed by atoms with E-state index < -0.39 is 0 Å². The number of benzene rings is 2. The molecule has 0 radical (unpaired) electrons. The van der Waals surface area contributed by atoms with Gasteiger partial charge in [-0.05, 0) is 42.0 Å². The van der Waals surface area contributed by atoms with Crippen molar-refractivity contribution in [3.05, 3.63) is 57.6 Å². The molecule has 0 bridgehead atoms. The van der Waals surface area contributed by atoms with Gasteiger partial charge in [-0.15, -0.1) is 0 Å². The van der Waals surface area contributed by atoms with Crippen LogP contribution >= 0.6 is 23.2 Å². The third-order valence-corrected chi connectivity index (χ3v) is 5.03. The minimum absolute atomic E-state index is 0.293. The van der Waals surface area contributed by atoms with E-state index in [1.54, 1.807) is 16.8 Å². The summed E-state index contributed by atoms with van der Waals surface area (Å²) < 4.78 is 13.7. The Balaban J connectivity index is 1.77. The fourth-order valence-corrected chi connectivity index (χ4v) is 3.35. The van der Waals surface area contributed by atoms with Crippen LogP contribution in [-0.4, -0.2) is 26.8 Å². The molecule has 0 atom stereocenters. The normalized spacial score (nSPS) is 10.8. The van der Waals surface area contributed by atoms with Crippen molar-refractivity contribution in [2.24, 2.45) is 0 Å². The molecule has 0 spiro atoms. The smallest absolute Gasteiger partial charge is 0.243 e. The van der Waals surface area contributed by atoms with Gasteiger partial charge in [0.05, 0.1) is 6.61 Å². The van der Waals surface area contributed by atoms with Gasteiger partial charge in [0.15, 0.2) is 11.5 Å². The van der Waals surface area contributed by atoms with Crippen LogP contribution in [0.3, 0.4) is 0 Å². The maximum atomic E-state index is 6.29. The van der Waals surface area contributed by atoms with E-state index in [9.17, 15) is 0 Å². The second kappa shape index (κ2) is 11.0. The van der Waals surface area contributed by atoms with E-state index in [-0.39, 0.29) is 0 Å². The van der Waals surface area contributed by atoms with Gasteiger partial charge in [0.25, 0.3) is 0 Å². The first-order valence-corrected chi connectivity index (χ1v) is 10.7. The van der Waals surface area contributed by atoms with Crippen molar-refractivity contribution in [3.63, 3.8) is 0 Å². The van der Waals surface area contributed by atoms with E-state index in [0.717, 1.165) is 30.5 Å². The molecule has 0 saturated carbocycles. The average Bonchev–Trinajstić information content (AvgIpc) is 3.18. The number of anilines is 1. The number of aromatic nitrogens is 4. The lowest BCUT2D eigenvalue weighted by atomic mass is 10.1. The quantitative estimate of drug-likeness (QED) is 0.424. The lowest BCUT2D eigenvalue weighted by Gasteiger charge is -2.17. The number of hydrogen-bond acceptors (Lipinski definition) is 6. The Hall–Kier alpha value is -2.51. The molecule has 0 unspecified atom stereocenters. The zero-order valence-corrected chi connectivity index (χ0v) is 18.6. The van der Waals surface area contributed by atoms with E-state index in [1.165, 1.54) is 0 Å². The highest BCUT2D eigenvalue weighted by atomic mass is 35.5. The second-order valence-electron chi connectivity index (χ2n) is 6.63. The van der Waals surface area contributed by atoms with Gasteiger partial charge in [0, 0.05) is 34.3 Å². The molecule has 1 N–H and O–H groups in total. The first-order chi connectivity index (χ1) is 14.6. The SMILES string of the molecule is CCCCn1nnnc1NCc1cccc(OCC)c1OCc1ccc(Cl)cc1Cl. The number of ether oxygens (including phenoxy) is 2. The molecule has 9 heteroatoms. The zero-order chi connectivity index (χ0) is 21.3. The summed E-state index contributed by atoms with van der Waals surface area (Å²) in [5.41, 5.74) is 1.77. The van der Waals surface area contributed by atoms with Crippen LogP contribution in [0.5, 0.6) is 11.5 Å². The molecule has 0 aliphatic rings. The summed E-state index contributed by atoms with van der Waals surface area (Å²) in [5.74, 6) is 1.95. The van der Waals surface area contributed by atoms with E-state index in [2.05, 4.69) is 27.8 Å². The second-order valence-corrected chi connectivity index (χ2v) is 7.48. The van der Waals surface area contributed by atoms with Crippen LogP contribution in [-0.2, 0) is 19.7 Å². The van der Waals surface area contributed by atoms with Crippen molar-refractivity contribution in [1.82, 2.24) is 20.2 Å². The van der Waals surface area contributed by atoms with Crippen LogP contribution in [0.15, 0.2) is 36.4 Å². The Bertz CT molecular complexity index is 964. The first kappa shape index (κ1) is 22.2. The van der Waals surface area contributed by atoms with Crippen LogP contribution in [0.2, 0.25) is 10.0 Å². The Labute approximate surface area is 186 Å². The lowest BCUT2D eigenvalue weighted by molar-refractivity contribution is 0.267. The summed E-state index contributed by atoms with van der Waals surface area (Å²) in [6.45, 7) is 6.14. The lowest BCUT2D eigenvalue weighted by Crippen LogP contribution is -2.11. The molecule has 160 valence electrons. The number of aryl methyl sites for hydroxylation is 1. The van der Waals surface area contributed by atoms with Crippen molar-refractivity contribution in [3.8, 4) is 11.5 Å². The van der Waals surface area contributed by atoms with Crippen molar-refractivity contribution < 1.29 is 9.47 Å².